The lowest BCUT2D eigenvalue weighted by Gasteiger charge is -2.23. The molecule has 1 amide bonds. The molecule has 0 atom stereocenters. The van der Waals surface area contributed by atoms with Gasteiger partial charge in [-0.3, -0.25) is 9.69 Å². The van der Waals surface area contributed by atoms with Gasteiger partial charge in [-0.1, -0.05) is 0 Å². The Morgan fingerprint density at radius 2 is 2.00 bits per heavy atom. The number of carboxylic acids is 1. The Kier molecular flexibility index (Phi) is 4.87. The highest BCUT2D eigenvalue weighted by Crippen LogP contribution is 2.00. The minimum absolute atomic E-state index is 0.171. The second-order valence-corrected chi connectivity index (χ2v) is 2.81. The number of carboxylic acid groups (broad SMARTS) is 1. The Morgan fingerprint density at radius 1 is 1.46 bits per heavy atom. The quantitative estimate of drug-likeness (QED) is 0.714. The maximum absolute atomic E-state index is 11.2. The summed E-state index contributed by atoms with van der Waals surface area (Å²) in [6, 6.07) is -0.171. The molecular formula is C8H15NO4. The summed E-state index contributed by atoms with van der Waals surface area (Å²) in [5.74, 6) is -1.04. The molecule has 0 radical (unpaired) electrons. The zero-order chi connectivity index (χ0) is 10.4. The number of carbonyl (C=O) groups is 2. The molecule has 5 nitrogen and oxygen atoms in total. The van der Waals surface area contributed by atoms with Gasteiger partial charge in [0.05, 0.1) is 6.61 Å². The predicted octanol–water partition coefficient (Wildman–Crippen LogP) is 0.938. The van der Waals surface area contributed by atoms with Crippen molar-refractivity contribution in [2.24, 2.45) is 0 Å². The number of amides is 1. The largest absolute Gasteiger partial charge is 0.480 e. The molecule has 0 bridgehead atoms. The van der Waals surface area contributed by atoms with Crippen LogP contribution in [0.5, 0.6) is 0 Å². The molecule has 0 fully saturated rings. The lowest BCUT2D eigenvalue weighted by atomic mass is 10.3. The average molecular weight is 189 g/mol. The van der Waals surface area contributed by atoms with E-state index in [0.717, 1.165) is 4.90 Å². The van der Waals surface area contributed by atoms with Gasteiger partial charge < -0.3 is 9.84 Å². The number of rotatable bonds is 4. The Labute approximate surface area is 77.3 Å². The van der Waals surface area contributed by atoms with Crippen LogP contribution >= 0.6 is 0 Å². The maximum atomic E-state index is 11.2. The van der Waals surface area contributed by atoms with Crippen molar-refractivity contribution in [3.8, 4) is 0 Å². The van der Waals surface area contributed by atoms with Crippen LogP contribution in [0.4, 0.5) is 4.79 Å². The summed E-state index contributed by atoms with van der Waals surface area (Å²) >= 11 is 0. The standard InChI is InChI=1S/C8H15NO4/c1-4-13-8(12)9(6(2)3)5-7(10)11/h6H,4-5H2,1-3H3,(H,10,11). The van der Waals surface area contributed by atoms with Crippen LogP contribution in [0.15, 0.2) is 0 Å². The second kappa shape index (κ2) is 5.40. The van der Waals surface area contributed by atoms with Crippen LogP contribution in [-0.2, 0) is 9.53 Å². The topological polar surface area (TPSA) is 66.8 Å². The normalized spacial score (nSPS) is 9.85. The van der Waals surface area contributed by atoms with E-state index in [4.69, 9.17) is 5.11 Å². The zero-order valence-electron chi connectivity index (χ0n) is 8.11. The summed E-state index contributed by atoms with van der Waals surface area (Å²) in [4.78, 5) is 22.7. The summed E-state index contributed by atoms with van der Waals surface area (Å²) < 4.78 is 4.69. The number of aliphatic carboxylic acids is 1. The number of ether oxygens (including phenoxy) is 1. The first-order valence-electron chi connectivity index (χ1n) is 4.14. The third-order valence-electron chi connectivity index (χ3n) is 1.43. The molecule has 0 unspecified atom stereocenters. The first kappa shape index (κ1) is 11.7. The Bertz CT molecular complexity index is 191. The van der Waals surface area contributed by atoms with E-state index in [9.17, 15) is 9.59 Å². The van der Waals surface area contributed by atoms with E-state index >= 15 is 0 Å². The summed E-state index contributed by atoms with van der Waals surface area (Å²) in [6.07, 6.45) is -0.583. The predicted molar refractivity (Wildman–Crippen MR) is 46.5 cm³/mol. The molecule has 0 aromatic carbocycles. The van der Waals surface area contributed by atoms with Crippen molar-refractivity contribution in [3.63, 3.8) is 0 Å². The van der Waals surface area contributed by atoms with E-state index in [2.05, 4.69) is 4.74 Å². The van der Waals surface area contributed by atoms with E-state index in [-0.39, 0.29) is 19.2 Å². The van der Waals surface area contributed by atoms with E-state index in [1.807, 2.05) is 0 Å². The summed E-state index contributed by atoms with van der Waals surface area (Å²) in [7, 11) is 0. The molecule has 0 heterocycles. The first-order valence-corrected chi connectivity index (χ1v) is 4.14. The average Bonchev–Trinajstić information content (AvgIpc) is 1.99. The van der Waals surface area contributed by atoms with Gasteiger partial charge in [0.2, 0.25) is 0 Å². The highest BCUT2D eigenvalue weighted by Gasteiger charge is 2.20. The molecule has 5 heteroatoms. The molecule has 0 aliphatic heterocycles. The summed E-state index contributed by atoms with van der Waals surface area (Å²) in [5, 5.41) is 8.50. The smallest absolute Gasteiger partial charge is 0.410 e. The number of nitrogens with zero attached hydrogens (tertiary/aromatic N) is 1. The van der Waals surface area contributed by atoms with Gasteiger partial charge in [0.1, 0.15) is 6.54 Å². The summed E-state index contributed by atoms with van der Waals surface area (Å²) in [5.41, 5.74) is 0. The van der Waals surface area contributed by atoms with Crippen LogP contribution in [0, 0.1) is 0 Å². The van der Waals surface area contributed by atoms with Crippen molar-refractivity contribution in [2.75, 3.05) is 13.2 Å². The molecular weight excluding hydrogens is 174 g/mol. The Balaban J connectivity index is 4.24. The molecule has 0 saturated carbocycles. The number of hydrogen-bond acceptors (Lipinski definition) is 3. The molecule has 0 spiro atoms. The fourth-order valence-corrected chi connectivity index (χ4v) is 0.810. The van der Waals surface area contributed by atoms with Gasteiger partial charge in [-0.15, -0.1) is 0 Å². The van der Waals surface area contributed by atoms with E-state index in [0.29, 0.717) is 0 Å². The van der Waals surface area contributed by atoms with Crippen LogP contribution in [0.3, 0.4) is 0 Å². The highest BCUT2D eigenvalue weighted by atomic mass is 16.6. The molecule has 0 aromatic heterocycles. The Morgan fingerprint density at radius 3 is 2.31 bits per heavy atom. The van der Waals surface area contributed by atoms with Crippen LogP contribution in [-0.4, -0.2) is 41.3 Å². The fraction of sp³-hybridized carbons (Fsp3) is 0.750. The molecule has 0 saturated heterocycles. The van der Waals surface area contributed by atoms with Gasteiger partial charge in [-0.2, -0.15) is 0 Å². The lowest BCUT2D eigenvalue weighted by molar-refractivity contribution is -0.138. The zero-order valence-corrected chi connectivity index (χ0v) is 8.11. The molecule has 13 heavy (non-hydrogen) atoms. The van der Waals surface area contributed by atoms with Crippen molar-refractivity contribution >= 4 is 12.1 Å². The monoisotopic (exact) mass is 189 g/mol. The summed E-state index contributed by atoms with van der Waals surface area (Å²) in [6.45, 7) is 5.08. The van der Waals surface area contributed by atoms with Gasteiger partial charge >= 0.3 is 12.1 Å². The SMILES string of the molecule is CCOC(=O)N(CC(=O)O)C(C)C. The van der Waals surface area contributed by atoms with E-state index in [1.54, 1.807) is 20.8 Å². The second-order valence-electron chi connectivity index (χ2n) is 2.81. The minimum atomic E-state index is -1.04. The molecule has 1 N–H and O–H groups in total. The van der Waals surface area contributed by atoms with Crippen molar-refractivity contribution < 1.29 is 19.4 Å². The minimum Gasteiger partial charge on any atom is -0.480 e. The van der Waals surface area contributed by atoms with E-state index < -0.39 is 12.1 Å². The van der Waals surface area contributed by atoms with Crippen molar-refractivity contribution in [2.45, 2.75) is 26.8 Å². The molecule has 0 aliphatic rings. The number of hydrogen-bond donors (Lipinski definition) is 1. The van der Waals surface area contributed by atoms with E-state index in [1.165, 1.54) is 0 Å². The molecule has 0 rings (SSSR count). The van der Waals surface area contributed by atoms with Crippen molar-refractivity contribution in [3.05, 3.63) is 0 Å². The van der Waals surface area contributed by atoms with Crippen molar-refractivity contribution in [1.29, 1.82) is 0 Å². The van der Waals surface area contributed by atoms with Gasteiger partial charge in [-0.05, 0) is 20.8 Å². The fourth-order valence-electron chi connectivity index (χ4n) is 0.810. The van der Waals surface area contributed by atoms with Gasteiger partial charge in [0.25, 0.3) is 0 Å². The number of carbonyl (C=O) groups excluding carboxylic acids is 1. The van der Waals surface area contributed by atoms with Crippen LogP contribution in [0.2, 0.25) is 0 Å². The molecule has 0 aliphatic carbocycles. The third-order valence-corrected chi connectivity index (χ3v) is 1.43. The third kappa shape index (κ3) is 4.35. The Hall–Kier alpha value is -1.26. The molecule has 0 aromatic rings. The van der Waals surface area contributed by atoms with Gasteiger partial charge in [0.15, 0.2) is 0 Å². The van der Waals surface area contributed by atoms with Crippen molar-refractivity contribution in [1.82, 2.24) is 4.90 Å². The van der Waals surface area contributed by atoms with Crippen LogP contribution in [0.1, 0.15) is 20.8 Å². The molecule has 76 valence electrons. The highest BCUT2D eigenvalue weighted by molar-refractivity contribution is 5.76. The van der Waals surface area contributed by atoms with Gasteiger partial charge in [-0.25, -0.2) is 4.79 Å². The van der Waals surface area contributed by atoms with Crippen LogP contribution < -0.4 is 0 Å². The van der Waals surface area contributed by atoms with Crippen LogP contribution in [0.25, 0.3) is 0 Å². The maximum Gasteiger partial charge on any atom is 0.410 e. The first-order chi connectivity index (χ1) is 5.99. The lowest BCUT2D eigenvalue weighted by Crippen LogP contribution is -2.40. The van der Waals surface area contributed by atoms with Gasteiger partial charge in [0, 0.05) is 6.04 Å².